The van der Waals surface area contributed by atoms with Crippen LogP contribution in [0.15, 0.2) is 77.4 Å². The molecule has 3 heterocycles. The lowest BCUT2D eigenvalue weighted by molar-refractivity contribution is -0.117. The molecule has 1 atom stereocenters. The Morgan fingerprint density at radius 1 is 1.09 bits per heavy atom. The van der Waals surface area contributed by atoms with Gasteiger partial charge in [0.25, 0.3) is 5.91 Å². The second-order valence-electron chi connectivity index (χ2n) is 7.99. The Balaban J connectivity index is 1.64. The highest BCUT2D eigenvalue weighted by Gasteiger charge is 2.46. The largest absolute Gasteiger partial charge is 0.503 e. The SMILES string of the molecule is CCN(CC)c1ccc(C2C(C(=O)c3cccs3)=C(O)C(=O)N2c2nc3ccccc3[nH]2)cc1. The van der Waals surface area contributed by atoms with Crippen LogP contribution in [0.2, 0.25) is 0 Å². The fraction of sp³-hybridized carbons (Fsp3) is 0.192. The summed E-state index contributed by atoms with van der Waals surface area (Å²) < 4.78 is 0. The average molecular weight is 473 g/mol. The number of H-pyrrole nitrogens is 1. The number of rotatable bonds is 7. The molecule has 0 saturated heterocycles. The fourth-order valence-corrected chi connectivity index (χ4v) is 5.10. The molecular formula is C26H24N4O3S. The van der Waals surface area contributed by atoms with E-state index in [-0.39, 0.29) is 17.3 Å². The molecule has 7 nitrogen and oxygen atoms in total. The van der Waals surface area contributed by atoms with E-state index in [9.17, 15) is 14.7 Å². The number of carbonyl (C=O) groups excluding carboxylic acids is 2. The third-order valence-electron chi connectivity index (χ3n) is 6.14. The molecule has 8 heteroatoms. The maximum Gasteiger partial charge on any atom is 0.296 e. The molecule has 0 spiro atoms. The quantitative estimate of drug-likeness (QED) is 0.359. The van der Waals surface area contributed by atoms with Gasteiger partial charge < -0.3 is 15.0 Å². The topological polar surface area (TPSA) is 89.5 Å². The van der Waals surface area contributed by atoms with Crippen molar-refractivity contribution in [3.63, 3.8) is 0 Å². The van der Waals surface area contributed by atoms with Crippen LogP contribution >= 0.6 is 11.3 Å². The number of aromatic nitrogens is 2. The number of amides is 1. The number of thiophene rings is 1. The molecule has 0 radical (unpaired) electrons. The van der Waals surface area contributed by atoms with Crippen LogP contribution in [0, 0.1) is 0 Å². The second kappa shape index (κ2) is 8.79. The van der Waals surface area contributed by atoms with Crippen LogP contribution in [0.25, 0.3) is 11.0 Å². The van der Waals surface area contributed by atoms with Gasteiger partial charge in [0.2, 0.25) is 11.7 Å². The van der Waals surface area contributed by atoms with Crippen molar-refractivity contribution in [1.82, 2.24) is 9.97 Å². The van der Waals surface area contributed by atoms with Gasteiger partial charge in [-0.3, -0.25) is 14.5 Å². The molecule has 2 N–H and O–H groups in total. The molecule has 172 valence electrons. The maximum absolute atomic E-state index is 13.4. The zero-order valence-electron chi connectivity index (χ0n) is 18.9. The Kier molecular flexibility index (Phi) is 5.67. The van der Waals surface area contributed by atoms with E-state index in [2.05, 4.69) is 28.7 Å². The van der Waals surface area contributed by atoms with Crippen LogP contribution in [-0.4, -0.2) is 39.9 Å². The van der Waals surface area contributed by atoms with Crippen LogP contribution in [0.3, 0.4) is 0 Å². The van der Waals surface area contributed by atoms with Crippen LogP contribution in [0.5, 0.6) is 0 Å². The highest BCUT2D eigenvalue weighted by atomic mass is 32.1. The van der Waals surface area contributed by atoms with Gasteiger partial charge in [0.1, 0.15) is 0 Å². The number of hydrogen-bond acceptors (Lipinski definition) is 6. The molecule has 1 amide bonds. The highest BCUT2D eigenvalue weighted by molar-refractivity contribution is 7.12. The van der Waals surface area contributed by atoms with Crippen LogP contribution in [-0.2, 0) is 4.79 Å². The molecule has 2 aromatic carbocycles. The summed E-state index contributed by atoms with van der Waals surface area (Å²) in [5.74, 6) is -1.28. The number of hydrogen-bond donors (Lipinski definition) is 2. The van der Waals surface area contributed by atoms with Crippen LogP contribution in [0.1, 0.15) is 35.1 Å². The summed E-state index contributed by atoms with van der Waals surface area (Å²) in [6, 6.07) is 17.9. The molecule has 1 unspecified atom stereocenters. The summed E-state index contributed by atoms with van der Waals surface area (Å²) in [6.45, 7) is 5.92. The number of carbonyl (C=O) groups is 2. The Morgan fingerprint density at radius 2 is 1.82 bits per heavy atom. The zero-order chi connectivity index (χ0) is 23.8. The van der Waals surface area contributed by atoms with E-state index in [1.165, 1.54) is 16.2 Å². The van der Waals surface area contributed by atoms with E-state index in [1.807, 2.05) is 48.5 Å². The number of aromatic amines is 1. The Hall–Kier alpha value is -3.91. The minimum atomic E-state index is -0.812. The lowest BCUT2D eigenvalue weighted by Gasteiger charge is -2.26. The van der Waals surface area contributed by atoms with Gasteiger partial charge in [-0.25, -0.2) is 4.98 Å². The maximum atomic E-state index is 13.4. The van der Waals surface area contributed by atoms with Gasteiger partial charge in [0.05, 0.1) is 27.5 Å². The molecule has 34 heavy (non-hydrogen) atoms. The monoisotopic (exact) mass is 472 g/mol. The first-order chi connectivity index (χ1) is 16.5. The Bertz CT molecular complexity index is 1350. The third kappa shape index (κ3) is 3.56. The number of aliphatic hydroxyl groups excluding tert-OH is 1. The predicted octanol–water partition coefficient (Wildman–Crippen LogP) is 5.25. The van der Waals surface area contributed by atoms with Crippen LogP contribution < -0.4 is 9.80 Å². The van der Waals surface area contributed by atoms with E-state index in [4.69, 9.17) is 0 Å². The van der Waals surface area contributed by atoms with Gasteiger partial charge in [-0.1, -0.05) is 30.3 Å². The summed E-state index contributed by atoms with van der Waals surface area (Å²) >= 11 is 1.28. The molecular weight excluding hydrogens is 448 g/mol. The van der Waals surface area contributed by atoms with Gasteiger partial charge in [-0.15, -0.1) is 11.3 Å². The van der Waals surface area contributed by atoms with Crippen molar-refractivity contribution < 1.29 is 14.7 Å². The Labute approximate surface area is 201 Å². The number of nitrogens with zero attached hydrogens (tertiary/aromatic N) is 3. The van der Waals surface area contributed by atoms with E-state index >= 15 is 0 Å². The average Bonchev–Trinajstić information content (AvgIpc) is 3.59. The molecule has 5 rings (SSSR count). The molecule has 2 aromatic heterocycles. The molecule has 4 aromatic rings. The zero-order valence-corrected chi connectivity index (χ0v) is 19.7. The minimum absolute atomic E-state index is 0.0588. The van der Waals surface area contributed by atoms with Gasteiger partial charge >= 0.3 is 0 Å². The summed E-state index contributed by atoms with van der Waals surface area (Å²) in [5, 5.41) is 12.7. The molecule has 0 saturated carbocycles. The lowest BCUT2D eigenvalue weighted by atomic mass is 9.95. The summed E-state index contributed by atoms with van der Waals surface area (Å²) in [4.78, 5) is 38.6. The van der Waals surface area contributed by atoms with Crippen molar-refractivity contribution in [3.05, 3.63) is 87.8 Å². The van der Waals surface area contributed by atoms with Crippen molar-refractivity contribution in [2.45, 2.75) is 19.9 Å². The summed E-state index contributed by atoms with van der Waals surface area (Å²) in [7, 11) is 0. The number of Topliss-reactive ketones (excluding diaryl/α,β-unsaturated/α-hetero) is 1. The van der Waals surface area contributed by atoms with Crippen molar-refractivity contribution in [2.24, 2.45) is 0 Å². The second-order valence-corrected chi connectivity index (χ2v) is 8.94. The number of imidazole rings is 1. The van der Waals surface area contributed by atoms with E-state index in [0.29, 0.717) is 16.0 Å². The van der Waals surface area contributed by atoms with Crippen molar-refractivity contribution in [3.8, 4) is 0 Å². The van der Waals surface area contributed by atoms with Gasteiger partial charge in [0, 0.05) is 18.8 Å². The van der Waals surface area contributed by atoms with Crippen LogP contribution in [0.4, 0.5) is 11.6 Å². The normalized spacial score (nSPS) is 16.0. The smallest absolute Gasteiger partial charge is 0.296 e. The van der Waals surface area contributed by atoms with E-state index < -0.39 is 17.7 Å². The first-order valence-corrected chi connectivity index (χ1v) is 12.1. The van der Waals surface area contributed by atoms with Gasteiger partial charge in [0.15, 0.2) is 5.76 Å². The number of anilines is 2. The van der Waals surface area contributed by atoms with E-state index in [1.54, 1.807) is 17.5 Å². The fourth-order valence-electron chi connectivity index (χ4n) is 4.42. The number of ketones is 1. The number of para-hydroxylation sites is 2. The number of fused-ring (bicyclic) bond motifs is 1. The number of benzene rings is 2. The first kappa shape index (κ1) is 21.9. The van der Waals surface area contributed by atoms with Crippen molar-refractivity contribution in [2.75, 3.05) is 22.9 Å². The number of nitrogens with one attached hydrogen (secondary N) is 1. The van der Waals surface area contributed by atoms with Crippen molar-refractivity contribution in [1.29, 1.82) is 0 Å². The Morgan fingerprint density at radius 3 is 2.47 bits per heavy atom. The molecule has 1 aliphatic rings. The van der Waals surface area contributed by atoms with Crippen molar-refractivity contribution >= 4 is 45.7 Å². The summed E-state index contributed by atoms with van der Waals surface area (Å²) in [6.07, 6.45) is 0. The first-order valence-electron chi connectivity index (χ1n) is 11.2. The molecule has 0 fully saturated rings. The standard InChI is InChI=1S/C26H24N4O3S/c1-3-29(4-2)17-13-11-16(12-14-17)22-21(23(31)20-10-7-15-34-20)24(32)25(33)30(22)26-27-18-8-5-6-9-19(18)28-26/h5-15,22,32H,3-4H2,1-2H3,(H,27,28). The molecule has 1 aliphatic heterocycles. The van der Waals surface area contributed by atoms with Gasteiger partial charge in [-0.2, -0.15) is 0 Å². The molecule has 0 aliphatic carbocycles. The third-order valence-corrected chi connectivity index (χ3v) is 7.01. The predicted molar refractivity (Wildman–Crippen MR) is 135 cm³/mol. The number of aliphatic hydroxyl groups is 1. The van der Waals surface area contributed by atoms with E-state index in [0.717, 1.165) is 24.3 Å². The highest BCUT2D eigenvalue weighted by Crippen LogP contribution is 2.42. The lowest BCUT2D eigenvalue weighted by Crippen LogP contribution is -2.32. The van der Waals surface area contributed by atoms with Gasteiger partial charge in [-0.05, 0) is 55.1 Å². The molecule has 0 bridgehead atoms. The minimum Gasteiger partial charge on any atom is -0.503 e. The summed E-state index contributed by atoms with van der Waals surface area (Å²) in [5.41, 5.74) is 3.28.